The molecule has 1 aromatic rings. The van der Waals surface area contributed by atoms with Gasteiger partial charge in [0, 0.05) is 5.02 Å². The molecule has 0 saturated carbocycles. The number of hydrogen-bond donors (Lipinski definition) is 2. The van der Waals surface area contributed by atoms with Crippen LogP contribution in [-0.4, -0.2) is 24.4 Å². The maximum atomic E-state index is 9.47. The predicted molar refractivity (Wildman–Crippen MR) is 70.6 cm³/mol. The Kier molecular flexibility index (Phi) is 6.34. The van der Waals surface area contributed by atoms with Crippen molar-refractivity contribution in [2.24, 2.45) is 5.73 Å². The number of nitrogens with two attached hydrogens (primary N) is 1. The van der Waals surface area contributed by atoms with Crippen molar-refractivity contribution >= 4 is 11.6 Å². The minimum atomic E-state index is -0.310. The fraction of sp³-hybridized carbons (Fsp3) is 0.538. The summed E-state index contributed by atoms with van der Waals surface area (Å²) in [5, 5.41) is 10.2. The minimum absolute atomic E-state index is 0.310. The molecule has 1 rings (SSSR count). The molecular formula is C13H20ClNO2. The van der Waals surface area contributed by atoms with Crippen LogP contribution < -0.4 is 10.5 Å². The third kappa shape index (κ3) is 5.39. The molecule has 3 N–H and O–H groups in total. The summed E-state index contributed by atoms with van der Waals surface area (Å²) in [6, 6.07) is 5.60. The molecule has 0 aromatic heterocycles. The van der Waals surface area contributed by atoms with Gasteiger partial charge in [-0.1, -0.05) is 11.6 Å². The molecule has 0 aliphatic carbocycles. The Morgan fingerprint density at radius 1 is 1.41 bits per heavy atom. The number of ether oxygens (including phenoxy) is 1. The van der Waals surface area contributed by atoms with Crippen LogP contribution in [0.2, 0.25) is 5.02 Å². The van der Waals surface area contributed by atoms with Gasteiger partial charge in [-0.2, -0.15) is 0 Å². The fourth-order valence-corrected chi connectivity index (χ4v) is 1.67. The van der Waals surface area contributed by atoms with E-state index in [0.29, 0.717) is 19.6 Å². The molecule has 96 valence electrons. The van der Waals surface area contributed by atoms with Gasteiger partial charge in [0.2, 0.25) is 0 Å². The lowest BCUT2D eigenvalue weighted by Gasteiger charge is -2.10. The number of aliphatic hydroxyl groups excluding tert-OH is 1. The molecule has 0 amide bonds. The van der Waals surface area contributed by atoms with Gasteiger partial charge >= 0.3 is 0 Å². The number of rotatable bonds is 7. The van der Waals surface area contributed by atoms with Gasteiger partial charge in [-0.15, -0.1) is 0 Å². The molecular weight excluding hydrogens is 238 g/mol. The van der Waals surface area contributed by atoms with Gasteiger partial charge in [-0.25, -0.2) is 0 Å². The molecule has 0 unspecified atom stereocenters. The summed E-state index contributed by atoms with van der Waals surface area (Å²) in [4.78, 5) is 0. The summed E-state index contributed by atoms with van der Waals surface area (Å²) < 4.78 is 5.57. The van der Waals surface area contributed by atoms with E-state index in [-0.39, 0.29) is 6.10 Å². The van der Waals surface area contributed by atoms with Crippen molar-refractivity contribution in [3.63, 3.8) is 0 Å². The first kappa shape index (κ1) is 14.3. The second-order valence-electron chi connectivity index (χ2n) is 4.13. The van der Waals surface area contributed by atoms with E-state index in [4.69, 9.17) is 22.1 Å². The monoisotopic (exact) mass is 257 g/mol. The van der Waals surface area contributed by atoms with E-state index in [2.05, 4.69) is 0 Å². The van der Waals surface area contributed by atoms with Crippen molar-refractivity contribution in [2.75, 3.05) is 13.2 Å². The molecule has 4 heteroatoms. The second kappa shape index (κ2) is 7.54. The van der Waals surface area contributed by atoms with Crippen molar-refractivity contribution in [3.05, 3.63) is 28.8 Å². The number of aryl methyl sites for hydroxylation is 1. The summed E-state index contributed by atoms with van der Waals surface area (Å²) in [6.07, 6.45) is 1.89. The van der Waals surface area contributed by atoms with Crippen molar-refractivity contribution in [1.29, 1.82) is 0 Å². The molecule has 17 heavy (non-hydrogen) atoms. The molecule has 0 saturated heterocycles. The Bertz CT molecular complexity index is 344. The third-order valence-corrected chi connectivity index (χ3v) is 3.00. The first-order chi connectivity index (χ1) is 8.13. The minimum Gasteiger partial charge on any atom is -0.494 e. The van der Waals surface area contributed by atoms with Gasteiger partial charge in [0.15, 0.2) is 0 Å². The van der Waals surface area contributed by atoms with E-state index in [1.54, 1.807) is 0 Å². The molecule has 0 aliphatic rings. The van der Waals surface area contributed by atoms with E-state index < -0.39 is 0 Å². The van der Waals surface area contributed by atoms with Crippen molar-refractivity contribution in [2.45, 2.75) is 32.3 Å². The van der Waals surface area contributed by atoms with Crippen molar-refractivity contribution in [3.8, 4) is 5.75 Å². The summed E-state index contributed by atoms with van der Waals surface area (Å²) in [5.41, 5.74) is 6.36. The van der Waals surface area contributed by atoms with Gasteiger partial charge in [-0.3, -0.25) is 0 Å². The third-order valence-electron chi connectivity index (χ3n) is 2.58. The standard InChI is InChI=1S/C13H20ClNO2/c1-10-9-12(4-5-13(10)14)17-8-2-3-11(16)6-7-15/h4-5,9,11,16H,2-3,6-8,15H2,1H3/t11-/m1/s1. The number of halogens is 1. The number of aliphatic hydroxyl groups is 1. The highest BCUT2D eigenvalue weighted by Gasteiger charge is 2.03. The van der Waals surface area contributed by atoms with E-state index in [0.717, 1.165) is 29.2 Å². The van der Waals surface area contributed by atoms with Gasteiger partial charge in [0.05, 0.1) is 12.7 Å². The van der Waals surface area contributed by atoms with Crippen LogP contribution >= 0.6 is 11.6 Å². The Morgan fingerprint density at radius 3 is 2.82 bits per heavy atom. The molecule has 1 atom stereocenters. The summed E-state index contributed by atoms with van der Waals surface area (Å²) in [5.74, 6) is 0.820. The van der Waals surface area contributed by atoms with Gasteiger partial charge in [0.1, 0.15) is 5.75 Å². The topological polar surface area (TPSA) is 55.5 Å². The summed E-state index contributed by atoms with van der Waals surface area (Å²) >= 11 is 5.92. The lowest BCUT2D eigenvalue weighted by Crippen LogP contribution is -2.14. The van der Waals surface area contributed by atoms with E-state index in [9.17, 15) is 5.11 Å². The highest BCUT2D eigenvalue weighted by molar-refractivity contribution is 6.31. The zero-order valence-corrected chi connectivity index (χ0v) is 10.9. The molecule has 0 radical (unpaired) electrons. The second-order valence-corrected chi connectivity index (χ2v) is 4.54. The number of benzene rings is 1. The highest BCUT2D eigenvalue weighted by atomic mass is 35.5. The van der Waals surface area contributed by atoms with Crippen LogP contribution in [0.1, 0.15) is 24.8 Å². The lowest BCUT2D eigenvalue weighted by atomic mass is 10.1. The van der Waals surface area contributed by atoms with Crippen LogP contribution in [0.3, 0.4) is 0 Å². The molecule has 0 bridgehead atoms. The van der Waals surface area contributed by atoms with Crippen molar-refractivity contribution < 1.29 is 9.84 Å². The Morgan fingerprint density at radius 2 is 2.18 bits per heavy atom. The summed E-state index contributed by atoms with van der Waals surface area (Å²) in [6.45, 7) is 3.07. The Balaban J connectivity index is 2.24. The fourth-order valence-electron chi connectivity index (χ4n) is 1.55. The average molecular weight is 258 g/mol. The van der Waals surface area contributed by atoms with Gasteiger partial charge in [0.25, 0.3) is 0 Å². The number of hydrogen-bond acceptors (Lipinski definition) is 3. The molecule has 3 nitrogen and oxygen atoms in total. The average Bonchev–Trinajstić information content (AvgIpc) is 2.29. The first-order valence-electron chi connectivity index (χ1n) is 5.90. The smallest absolute Gasteiger partial charge is 0.119 e. The highest BCUT2D eigenvalue weighted by Crippen LogP contribution is 2.21. The first-order valence-corrected chi connectivity index (χ1v) is 6.28. The van der Waals surface area contributed by atoms with Gasteiger partial charge < -0.3 is 15.6 Å². The molecule has 0 heterocycles. The predicted octanol–water partition coefficient (Wildman–Crippen LogP) is 2.52. The maximum absolute atomic E-state index is 9.47. The molecule has 0 spiro atoms. The van der Waals surface area contributed by atoms with Crippen LogP contribution in [-0.2, 0) is 0 Å². The Labute approximate surface area is 108 Å². The Hall–Kier alpha value is -0.770. The van der Waals surface area contributed by atoms with E-state index in [1.165, 1.54) is 0 Å². The zero-order valence-electron chi connectivity index (χ0n) is 10.2. The van der Waals surface area contributed by atoms with Crippen LogP contribution in [0.4, 0.5) is 0 Å². The normalized spacial score (nSPS) is 12.5. The molecule has 0 aliphatic heterocycles. The SMILES string of the molecule is Cc1cc(OCCC[C@@H](O)CCN)ccc1Cl. The van der Waals surface area contributed by atoms with Crippen LogP contribution in [0.15, 0.2) is 18.2 Å². The van der Waals surface area contributed by atoms with E-state index >= 15 is 0 Å². The van der Waals surface area contributed by atoms with Crippen molar-refractivity contribution in [1.82, 2.24) is 0 Å². The van der Waals surface area contributed by atoms with Crippen LogP contribution in [0.5, 0.6) is 5.75 Å². The van der Waals surface area contributed by atoms with Crippen LogP contribution in [0.25, 0.3) is 0 Å². The molecule has 1 aromatic carbocycles. The maximum Gasteiger partial charge on any atom is 0.119 e. The van der Waals surface area contributed by atoms with E-state index in [1.807, 2.05) is 25.1 Å². The quantitative estimate of drug-likeness (QED) is 0.738. The lowest BCUT2D eigenvalue weighted by molar-refractivity contribution is 0.146. The largest absolute Gasteiger partial charge is 0.494 e. The zero-order chi connectivity index (χ0) is 12.7. The van der Waals surface area contributed by atoms with Crippen LogP contribution in [0, 0.1) is 6.92 Å². The van der Waals surface area contributed by atoms with Gasteiger partial charge in [-0.05, 0) is 56.5 Å². The summed E-state index contributed by atoms with van der Waals surface area (Å²) in [7, 11) is 0. The molecule has 0 fully saturated rings.